The minimum atomic E-state index is -0.950. The molecule has 0 spiro atoms. The van der Waals surface area contributed by atoms with Crippen molar-refractivity contribution in [1.82, 2.24) is 10.2 Å². The standard InChI is InChI=1S/C12H22N2O3/c1-3-9(2)14(8-11(15)16)12(17)10-6-4-5-7-13-10/h9-10,13H,3-8H2,1-2H3,(H,15,16)/t9?,10-/m0/s1. The van der Waals surface area contributed by atoms with Crippen LogP contribution in [0.5, 0.6) is 0 Å². The fourth-order valence-electron chi connectivity index (χ4n) is 2.08. The second kappa shape index (κ2) is 6.59. The topological polar surface area (TPSA) is 69.6 Å². The molecule has 1 amide bonds. The molecule has 2 atom stereocenters. The summed E-state index contributed by atoms with van der Waals surface area (Å²) in [6.07, 6.45) is 3.70. The van der Waals surface area contributed by atoms with Crippen molar-refractivity contribution in [3.8, 4) is 0 Å². The number of hydrogen-bond donors (Lipinski definition) is 2. The van der Waals surface area contributed by atoms with Gasteiger partial charge in [-0.15, -0.1) is 0 Å². The molecule has 0 saturated carbocycles. The van der Waals surface area contributed by atoms with Crippen molar-refractivity contribution in [3.63, 3.8) is 0 Å². The highest BCUT2D eigenvalue weighted by Gasteiger charge is 2.29. The minimum Gasteiger partial charge on any atom is -0.480 e. The van der Waals surface area contributed by atoms with Crippen molar-refractivity contribution in [3.05, 3.63) is 0 Å². The van der Waals surface area contributed by atoms with E-state index in [0.717, 1.165) is 32.2 Å². The van der Waals surface area contributed by atoms with Crippen LogP contribution in [0.3, 0.4) is 0 Å². The van der Waals surface area contributed by atoms with E-state index in [1.165, 1.54) is 4.90 Å². The van der Waals surface area contributed by atoms with Gasteiger partial charge >= 0.3 is 5.97 Å². The second-order valence-electron chi connectivity index (χ2n) is 4.62. The molecule has 0 aromatic carbocycles. The predicted molar refractivity (Wildman–Crippen MR) is 64.7 cm³/mol. The van der Waals surface area contributed by atoms with E-state index in [1.807, 2.05) is 13.8 Å². The molecule has 1 unspecified atom stereocenters. The predicted octanol–water partition coefficient (Wildman–Crippen LogP) is 0.840. The van der Waals surface area contributed by atoms with Gasteiger partial charge in [-0.25, -0.2) is 0 Å². The van der Waals surface area contributed by atoms with Crippen LogP contribution >= 0.6 is 0 Å². The van der Waals surface area contributed by atoms with E-state index in [9.17, 15) is 9.59 Å². The zero-order valence-corrected chi connectivity index (χ0v) is 10.6. The lowest BCUT2D eigenvalue weighted by Gasteiger charge is -2.32. The molecule has 17 heavy (non-hydrogen) atoms. The third-order valence-corrected chi connectivity index (χ3v) is 3.32. The van der Waals surface area contributed by atoms with Crippen molar-refractivity contribution in [1.29, 1.82) is 0 Å². The number of aliphatic carboxylic acids is 1. The molecule has 5 nitrogen and oxygen atoms in total. The maximum atomic E-state index is 12.2. The Bertz CT molecular complexity index is 275. The molecule has 98 valence electrons. The third-order valence-electron chi connectivity index (χ3n) is 3.32. The first-order valence-electron chi connectivity index (χ1n) is 6.32. The fraction of sp³-hybridized carbons (Fsp3) is 0.833. The van der Waals surface area contributed by atoms with Gasteiger partial charge in [-0.1, -0.05) is 13.3 Å². The lowest BCUT2D eigenvalue weighted by Crippen LogP contribution is -2.52. The molecule has 0 radical (unpaired) electrons. The Balaban J connectivity index is 2.66. The van der Waals surface area contributed by atoms with E-state index in [1.54, 1.807) is 0 Å². The number of nitrogens with zero attached hydrogens (tertiary/aromatic N) is 1. The maximum absolute atomic E-state index is 12.2. The molecule has 1 aliphatic heterocycles. The molecule has 1 heterocycles. The van der Waals surface area contributed by atoms with Gasteiger partial charge in [0.1, 0.15) is 6.54 Å². The molecule has 1 rings (SSSR count). The Labute approximate surface area is 102 Å². The van der Waals surface area contributed by atoms with E-state index < -0.39 is 5.97 Å². The molecule has 0 aromatic heterocycles. The van der Waals surface area contributed by atoms with Crippen LogP contribution in [-0.2, 0) is 9.59 Å². The van der Waals surface area contributed by atoms with Crippen molar-refractivity contribution in [2.45, 2.75) is 51.6 Å². The van der Waals surface area contributed by atoms with Gasteiger partial charge in [-0.2, -0.15) is 0 Å². The number of hydrogen-bond acceptors (Lipinski definition) is 3. The van der Waals surface area contributed by atoms with E-state index in [4.69, 9.17) is 5.11 Å². The lowest BCUT2D eigenvalue weighted by molar-refractivity contribution is -0.147. The summed E-state index contributed by atoms with van der Waals surface area (Å²) in [5, 5.41) is 12.0. The summed E-state index contributed by atoms with van der Waals surface area (Å²) in [6, 6.07) is -0.223. The molecule has 1 saturated heterocycles. The van der Waals surface area contributed by atoms with Gasteiger partial charge in [0.15, 0.2) is 0 Å². The van der Waals surface area contributed by atoms with E-state index in [0.29, 0.717) is 0 Å². The van der Waals surface area contributed by atoms with Gasteiger partial charge in [0.2, 0.25) is 5.91 Å². The average molecular weight is 242 g/mol. The summed E-state index contributed by atoms with van der Waals surface area (Å²) in [7, 11) is 0. The zero-order chi connectivity index (χ0) is 12.8. The highest BCUT2D eigenvalue weighted by molar-refractivity contribution is 5.85. The number of carbonyl (C=O) groups excluding carboxylic acids is 1. The van der Waals surface area contributed by atoms with Crippen molar-refractivity contribution >= 4 is 11.9 Å². The van der Waals surface area contributed by atoms with Crippen LogP contribution in [0.1, 0.15) is 39.5 Å². The third kappa shape index (κ3) is 4.00. The van der Waals surface area contributed by atoms with Gasteiger partial charge in [-0.05, 0) is 32.7 Å². The number of piperidine rings is 1. The van der Waals surface area contributed by atoms with Crippen LogP contribution in [0.4, 0.5) is 0 Å². The number of rotatable bonds is 5. The Kier molecular flexibility index (Phi) is 5.41. The first-order chi connectivity index (χ1) is 8.06. The van der Waals surface area contributed by atoms with Crippen molar-refractivity contribution in [2.75, 3.05) is 13.1 Å². The molecule has 0 aromatic rings. The summed E-state index contributed by atoms with van der Waals surface area (Å²) in [5.41, 5.74) is 0. The normalized spacial score (nSPS) is 21.9. The van der Waals surface area contributed by atoms with E-state index in [2.05, 4.69) is 5.32 Å². The monoisotopic (exact) mass is 242 g/mol. The molecule has 5 heteroatoms. The summed E-state index contributed by atoms with van der Waals surface area (Å²) < 4.78 is 0. The Morgan fingerprint density at radius 2 is 2.18 bits per heavy atom. The summed E-state index contributed by atoms with van der Waals surface area (Å²) >= 11 is 0. The molecule has 0 bridgehead atoms. The van der Waals surface area contributed by atoms with Gasteiger partial charge in [-0.3, -0.25) is 9.59 Å². The second-order valence-corrected chi connectivity index (χ2v) is 4.62. The number of amides is 1. The SMILES string of the molecule is CCC(C)N(CC(=O)O)C(=O)[C@@H]1CCCCN1. The number of carboxylic acids is 1. The summed E-state index contributed by atoms with van der Waals surface area (Å²) in [5.74, 6) is -1.02. The first kappa shape index (κ1) is 14.0. The van der Waals surface area contributed by atoms with Crippen LogP contribution in [0.15, 0.2) is 0 Å². The summed E-state index contributed by atoms with van der Waals surface area (Å²) in [4.78, 5) is 24.5. The molecule has 0 aliphatic carbocycles. The van der Waals surface area contributed by atoms with Gasteiger partial charge in [0, 0.05) is 6.04 Å². The van der Waals surface area contributed by atoms with Gasteiger partial charge in [0.05, 0.1) is 6.04 Å². The van der Waals surface area contributed by atoms with Crippen molar-refractivity contribution < 1.29 is 14.7 Å². The number of carboxylic acid groups (broad SMARTS) is 1. The van der Waals surface area contributed by atoms with Crippen LogP contribution < -0.4 is 5.32 Å². The first-order valence-corrected chi connectivity index (χ1v) is 6.32. The molecule has 2 N–H and O–H groups in total. The van der Waals surface area contributed by atoms with Gasteiger partial charge in [0.25, 0.3) is 0 Å². The Hall–Kier alpha value is -1.10. The molecular formula is C12H22N2O3. The van der Waals surface area contributed by atoms with Crippen LogP contribution in [0.2, 0.25) is 0 Å². The molecule has 1 aliphatic rings. The minimum absolute atomic E-state index is 0.0256. The fourth-order valence-corrected chi connectivity index (χ4v) is 2.08. The quantitative estimate of drug-likeness (QED) is 0.749. The number of nitrogens with one attached hydrogen (secondary N) is 1. The Morgan fingerprint density at radius 1 is 1.47 bits per heavy atom. The Morgan fingerprint density at radius 3 is 2.65 bits per heavy atom. The van der Waals surface area contributed by atoms with Gasteiger partial charge < -0.3 is 15.3 Å². The van der Waals surface area contributed by atoms with Crippen LogP contribution in [-0.4, -0.2) is 47.1 Å². The van der Waals surface area contributed by atoms with Crippen LogP contribution in [0, 0.1) is 0 Å². The maximum Gasteiger partial charge on any atom is 0.323 e. The van der Waals surface area contributed by atoms with Crippen molar-refractivity contribution in [2.24, 2.45) is 0 Å². The largest absolute Gasteiger partial charge is 0.480 e. The lowest BCUT2D eigenvalue weighted by atomic mass is 10.0. The smallest absolute Gasteiger partial charge is 0.323 e. The average Bonchev–Trinajstić information content (AvgIpc) is 2.35. The highest BCUT2D eigenvalue weighted by atomic mass is 16.4. The zero-order valence-electron chi connectivity index (χ0n) is 10.6. The molecular weight excluding hydrogens is 220 g/mol. The highest BCUT2D eigenvalue weighted by Crippen LogP contribution is 2.13. The number of carbonyl (C=O) groups is 2. The van der Waals surface area contributed by atoms with E-state index in [-0.39, 0.29) is 24.5 Å². The van der Waals surface area contributed by atoms with E-state index >= 15 is 0 Å². The summed E-state index contributed by atoms with van der Waals surface area (Å²) in [6.45, 7) is 4.49. The molecule has 1 fully saturated rings. The van der Waals surface area contributed by atoms with Crippen LogP contribution in [0.25, 0.3) is 0 Å².